The summed E-state index contributed by atoms with van der Waals surface area (Å²) in [5, 5.41) is 0.557. The van der Waals surface area contributed by atoms with Gasteiger partial charge in [-0.2, -0.15) is 0 Å². The third-order valence-corrected chi connectivity index (χ3v) is 3.83. The van der Waals surface area contributed by atoms with Crippen LogP contribution >= 0.6 is 23.8 Å². The molecule has 0 spiro atoms. The number of aromatic nitrogens is 2. The number of piperazine rings is 1. The normalized spacial score (nSPS) is 18.3. The topological polar surface area (TPSA) is 58.3 Å². The van der Waals surface area contributed by atoms with E-state index >= 15 is 0 Å². The number of thiocarbonyl (C=S) groups is 1. The predicted molar refractivity (Wildman–Crippen MR) is 81.7 cm³/mol. The van der Waals surface area contributed by atoms with Crippen LogP contribution in [0.15, 0.2) is 12.4 Å². The second-order valence-corrected chi connectivity index (χ2v) is 5.46. The molecule has 0 aromatic carbocycles. The van der Waals surface area contributed by atoms with Crippen LogP contribution in [0.3, 0.4) is 0 Å². The second kappa shape index (κ2) is 6.45. The van der Waals surface area contributed by atoms with Crippen molar-refractivity contribution in [3.8, 4) is 0 Å². The van der Waals surface area contributed by atoms with Gasteiger partial charge in [-0.05, 0) is 6.42 Å². The zero-order valence-corrected chi connectivity index (χ0v) is 12.5. The van der Waals surface area contributed by atoms with Gasteiger partial charge < -0.3 is 10.6 Å². The molecule has 1 unspecified atom stereocenters. The van der Waals surface area contributed by atoms with Crippen molar-refractivity contribution in [2.24, 2.45) is 5.73 Å². The summed E-state index contributed by atoms with van der Waals surface area (Å²) < 4.78 is 0. The number of nitrogens with zero attached hydrogens (tertiary/aromatic N) is 4. The molecule has 7 heteroatoms. The molecular formula is C12H18ClN5S. The molecule has 5 nitrogen and oxygen atoms in total. The van der Waals surface area contributed by atoms with E-state index in [9.17, 15) is 0 Å². The molecule has 1 saturated heterocycles. The third kappa shape index (κ3) is 3.52. The lowest BCUT2D eigenvalue weighted by Gasteiger charge is -2.38. The summed E-state index contributed by atoms with van der Waals surface area (Å²) in [7, 11) is 0. The molecule has 0 amide bonds. The van der Waals surface area contributed by atoms with Gasteiger partial charge in [0.25, 0.3) is 0 Å². The molecule has 1 aliphatic heterocycles. The van der Waals surface area contributed by atoms with Gasteiger partial charge in [0.15, 0.2) is 0 Å². The molecule has 1 fully saturated rings. The van der Waals surface area contributed by atoms with Crippen LogP contribution in [-0.2, 0) is 0 Å². The Bertz CT molecular complexity index is 430. The van der Waals surface area contributed by atoms with Crippen LogP contribution in [0.5, 0.6) is 0 Å². The van der Waals surface area contributed by atoms with E-state index in [2.05, 4.69) is 26.7 Å². The number of anilines is 1. The Morgan fingerprint density at radius 2 is 1.95 bits per heavy atom. The van der Waals surface area contributed by atoms with Gasteiger partial charge in [-0.3, -0.25) is 4.90 Å². The summed E-state index contributed by atoms with van der Waals surface area (Å²) in [5.41, 5.74) is 5.78. The van der Waals surface area contributed by atoms with Gasteiger partial charge >= 0.3 is 0 Å². The molecule has 1 aromatic rings. The van der Waals surface area contributed by atoms with Crippen molar-refractivity contribution >= 4 is 34.8 Å². The molecule has 0 bridgehead atoms. The van der Waals surface area contributed by atoms with Gasteiger partial charge in [0.2, 0.25) is 5.95 Å². The number of hydrogen-bond donors (Lipinski definition) is 1. The zero-order valence-electron chi connectivity index (χ0n) is 10.9. The lowest BCUT2D eigenvalue weighted by atomic mass is 10.1. The molecule has 1 atom stereocenters. The fourth-order valence-electron chi connectivity index (χ4n) is 2.34. The van der Waals surface area contributed by atoms with Gasteiger partial charge in [-0.25, -0.2) is 9.97 Å². The maximum atomic E-state index is 5.79. The third-order valence-electron chi connectivity index (χ3n) is 3.36. The average molecular weight is 300 g/mol. The number of nitrogens with two attached hydrogens (primary N) is 1. The molecule has 2 N–H and O–H groups in total. The SMILES string of the molecule is CCC(C(N)=S)N1CCN(c2ncc(Cl)cn2)CC1. The Labute approximate surface area is 123 Å². The quantitative estimate of drug-likeness (QED) is 0.846. The van der Waals surface area contributed by atoms with Crippen LogP contribution in [0, 0.1) is 0 Å². The van der Waals surface area contributed by atoms with Crippen LogP contribution in [0.25, 0.3) is 0 Å². The molecule has 0 aliphatic carbocycles. The van der Waals surface area contributed by atoms with Crippen molar-refractivity contribution in [3.63, 3.8) is 0 Å². The van der Waals surface area contributed by atoms with Gasteiger partial charge in [0, 0.05) is 26.2 Å². The van der Waals surface area contributed by atoms with Crippen molar-refractivity contribution in [1.29, 1.82) is 0 Å². The largest absolute Gasteiger partial charge is 0.392 e. The van der Waals surface area contributed by atoms with E-state index in [0.29, 0.717) is 10.0 Å². The van der Waals surface area contributed by atoms with Crippen LogP contribution in [-0.4, -0.2) is 52.1 Å². The van der Waals surface area contributed by atoms with Crippen molar-refractivity contribution in [2.45, 2.75) is 19.4 Å². The lowest BCUT2D eigenvalue weighted by molar-refractivity contribution is 0.223. The lowest BCUT2D eigenvalue weighted by Crippen LogP contribution is -2.53. The van der Waals surface area contributed by atoms with Crippen LogP contribution < -0.4 is 10.6 Å². The molecule has 1 aromatic heterocycles. The van der Waals surface area contributed by atoms with E-state index in [1.54, 1.807) is 12.4 Å². The second-order valence-electron chi connectivity index (χ2n) is 4.55. The van der Waals surface area contributed by atoms with Gasteiger partial charge in [-0.1, -0.05) is 30.7 Å². The molecule has 104 valence electrons. The fraction of sp³-hybridized carbons (Fsp3) is 0.583. The van der Waals surface area contributed by atoms with E-state index in [1.807, 2.05) is 0 Å². The van der Waals surface area contributed by atoms with Crippen molar-refractivity contribution < 1.29 is 0 Å². The Morgan fingerprint density at radius 1 is 1.37 bits per heavy atom. The Kier molecular flexibility index (Phi) is 4.90. The maximum absolute atomic E-state index is 5.79. The van der Waals surface area contributed by atoms with Crippen molar-refractivity contribution in [1.82, 2.24) is 14.9 Å². The predicted octanol–water partition coefficient (Wildman–Crippen LogP) is 1.32. The standard InChI is InChI=1S/C12H18ClN5S/c1-2-10(11(14)19)17-3-5-18(6-4-17)12-15-7-9(13)8-16-12/h7-8,10H,2-6H2,1H3,(H2,14,19). The first-order chi connectivity index (χ1) is 9.11. The first-order valence-corrected chi connectivity index (χ1v) is 7.16. The summed E-state index contributed by atoms with van der Waals surface area (Å²) in [5.74, 6) is 0.729. The molecule has 2 rings (SSSR count). The highest BCUT2D eigenvalue weighted by Crippen LogP contribution is 2.15. The van der Waals surface area contributed by atoms with E-state index in [-0.39, 0.29) is 6.04 Å². The van der Waals surface area contributed by atoms with Gasteiger partial charge in [0.05, 0.1) is 28.4 Å². The maximum Gasteiger partial charge on any atom is 0.225 e. The molecule has 0 radical (unpaired) electrons. The van der Waals surface area contributed by atoms with Gasteiger partial charge in [-0.15, -0.1) is 0 Å². The Balaban J connectivity index is 1.95. The van der Waals surface area contributed by atoms with Crippen molar-refractivity contribution in [3.05, 3.63) is 17.4 Å². The Hall–Kier alpha value is -0.980. The molecular weight excluding hydrogens is 282 g/mol. The van der Waals surface area contributed by atoms with E-state index in [4.69, 9.17) is 29.6 Å². The fourth-order valence-corrected chi connectivity index (χ4v) is 2.76. The van der Waals surface area contributed by atoms with E-state index in [1.165, 1.54) is 0 Å². The zero-order chi connectivity index (χ0) is 13.8. The molecule has 1 aliphatic rings. The average Bonchev–Trinajstić information content (AvgIpc) is 2.41. The Morgan fingerprint density at radius 3 is 2.42 bits per heavy atom. The molecule has 2 heterocycles. The highest BCUT2D eigenvalue weighted by atomic mass is 35.5. The van der Waals surface area contributed by atoms with Crippen LogP contribution in [0.4, 0.5) is 5.95 Å². The van der Waals surface area contributed by atoms with Crippen LogP contribution in [0.1, 0.15) is 13.3 Å². The summed E-state index contributed by atoms with van der Waals surface area (Å²) >= 11 is 10.9. The summed E-state index contributed by atoms with van der Waals surface area (Å²) in [6, 6.07) is 0.197. The minimum atomic E-state index is 0.197. The first kappa shape index (κ1) is 14.4. The molecule has 0 saturated carbocycles. The number of hydrogen-bond acceptors (Lipinski definition) is 5. The van der Waals surface area contributed by atoms with E-state index < -0.39 is 0 Å². The number of halogens is 1. The summed E-state index contributed by atoms with van der Waals surface area (Å²) in [6.45, 7) is 5.70. The highest BCUT2D eigenvalue weighted by molar-refractivity contribution is 7.80. The van der Waals surface area contributed by atoms with Gasteiger partial charge in [0.1, 0.15) is 0 Å². The van der Waals surface area contributed by atoms with Crippen LogP contribution in [0.2, 0.25) is 5.02 Å². The van der Waals surface area contributed by atoms with E-state index in [0.717, 1.165) is 38.5 Å². The molecule has 19 heavy (non-hydrogen) atoms. The summed E-state index contributed by atoms with van der Waals surface area (Å²) in [4.78, 5) is 13.5. The monoisotopic (exact) mass is 299 g/mol. The minimum absolute atomic E-state index is 0.197. The highest BCUT2D eigenvalue weighted by Gasteiger charge is 2.25. The van der Waals surface area contributed by atoms with Crippen molar-refractivity contribution in [2.75, 3.05) is 31.1 Å². The minimum Gasteiger partial charge on any atom is -0.392 e. The summed E-state index contributed by atoms with van der Waals surface area (Å²) in [6.07, 6.45) is 4.20. The first-order valence-electron chi connectivity index (χ1n) is 6.37. The smallest absolute Gasteiger partial charge is 0.225 e. The number of rotatable bonds is 4.